The fourth-order valence-electron chi connectivity index (χ4n) is 1.74. The highest BCUT2D eigenvalue weighted by Gasteiger charge is 2.13. The van der Waals surface area contributed by atoms with Gasteiger partial charge in [-0.15, -0.1) is 0 Å². The van der Waals surface area contributed by atoms with Gasteiger partial charge in [-0.05, 0) is 19.1 Å². The normalized spacial score (nSPS) is 10.0. The van der Waals surface area contributed by atoms with E-state index in [4.69, 9.17) is 9.47 Å². The van der Waals surface area contributed by atoms with E-state index in [0.717, 1.165) is 0 Å². The number of methoxy groups -OCH3 is 1. The van der Waals surface area contributed by atoms with Crippen LogP contribution in [0.1, 0.15) is 6.92 Å². The summed E-state index contributed by atoms with van der Waals surface area (Å²) in [4.78, 5) is 22.9. The minimum absolute atomic E-state index is 0.300. The summed E-state index contributed by atoms with van der Waals surface area (Å²) in [5.41, 5.74) is 0.300. The molecule has 2 rings (SSSR count). The molecule has 0 aliphatic heterocycles. The van der Waals surface area contributed by atoms with Gasteiger partial charge in [-0.2, -0.15) is 0 Å². The van der Waals surface area contributed by atoms with Crippen molar-refractivity contribution in [3.8, 4) is 11.5 Å². The van der Waals surface area contributed by atoms with E-state index >= 15 is 0 Å². The van der Waals surface area contributed by atoms with Crippen LogP contribution >= 0.6 is 0 Å². The fourth-order valence-corrected chi connectivity index (χ4v) is 1.74. The second kappa shape index (κ2) is 6.09. The van der Waals surface area contributed by atoms with Gasteiger partial charge in [-0.25, -0.2) is 9.59 Å². The van der Waals surface area contributed by atoms with Crippen LogP contribution in [0.5, 0.6) is 11.5 Å². The second-order valence-corrected chi connectivity index (χ2v) is 4.33. The number of hydrogen-bond donors (Lipinski definition) is 0. The van der Waals surface area contributed by atoms with Crippen LogP contribution in [0.15, 0.2) is 48.6 Å². The number of hydrogen-bond acceptors (Lipinski definition) is 5. The van der Waals surface area contributed by atoms with Crippen molar-refractivity contribution in [2.45, 2.75) is 6.92 Å². The topological polar surface area (TPSA) is 61.8 Å². The molecule has 0 aliphatic rings. The molecule has 21 heavy (non-hydrogen) atoms. The van der Waals surface area contributed by atoms with Gasteiger partial charge in [0.15, 0.2) is 0 Å². The number of esters is 1. The monoisotopic (exact) mass is 286 g/mol. The molecule has 2 aromatic carbocycles. The maximum absolute atomic E-state index is 11.6. The lowest BCUT2D eigenvalue weighted by Gasteiger charge is -2.11. The third-order valence-electron chi connectivity index (χ3n) is 2.76. The Morgan fingerprint density at radius 3 is 1.95 bits per heavy atom. The Balaban J connectivity index is 2.46. The first-order chi connectivity index (χ1) is 10.0. The number of fused-ring (bicyclic) bond motifs is 1. The first kappa shape index (κ1) is 14.6. The first-order valence-electron chi connectivity index (χ1n) is 6.18. The molecular formula is C16H14O5. The summed E-state index contributed by atoms with van der Waals surface area (Å²) in [5.74, 6) is 0.185. The molecule has 108 valence electrons. The molecule has 0 unspecified atom stereocenters. The molecule has 0 N–H and O–H groups in total. The van der Waals surface area contributed by atoms with Crippen molar-refractivity contribution in [2.24, 2.45) is 0 Å². The van der Waals surface area contributed by atoms with E-state index in [1.807, 2.05) is 0 Å². The third-order valence-corrected chi connectivity index (χ3v) is 2.76. The van der Waals surface area contributed by atoms with Crippen molar-refractivity contribution in [1.82, 2.24) is 0 Å². The molecular weight excluding hydrogens is 272 g/mol. The van der Waals surface area contributed by atoms with Gasteiger partial charge in [0.1, 0.15) is 11.5 Å². The summed E-state index contributed by atoms with van der Waals surface area (Å²) in [6.07, 6.45) is -0.813. The summed E-state index contributed by atoms with van der Waals surface area (Å²) in [6, 6.07) is 10.2. The largest absolute Gasteiger partial charge is 0.513 e. The van der Waals surface area contributed by atoms with Gasteiger partial charge >= 0.3 is 12.1 Å². The lowest BCUT2D eigenvalue weighted by molar-refractivity contribution is -0.129. The molecule has 0 fully saturated rings. The zero-order chi connectivity index (χ0) is 15.4. The van der Waals surface area contributed by atoms with Crippen LogP contribution in [-0.2, 0) is 9.53 Å². The Kier molecular flexibility index (Phi) is 4.23. The summed E-state index contributed by atoms with van der Waals surface area (Å²) in [7, 11) is 1.23. The minimum Gasteiger partial charge on any atom is -0.437 e. The quantitative estimate of drug-likeness (QED) is 0.374. The number of carbonyl (C=O) groups excluding carboxylic acids is 2. The van der Waals surface area contributed by atoms with Gasteiger partial charge in [0.05, 0.1) is 7.11 Å². The predicted octanol–water partition coefficient (Wildman–Crippen LogP) is 3.47. The van der Waals surface area contributed by atoms with Gasteiger partial charge in [0.25, 0.3) is 0 Å². The van der Waals surface area contributed by atoms with Crippen molar-refractivity contribution in [1.29, 1.82) is 0 Å². The molecule has 0 aliphatic carbocycles. The maximum Gasteiger partial charge on any atom is 0.513 e. The van der Waals surface area contributed by atoms with Gasteiger partial charge in [0.2, 0.25) is 0 Å². The third kappa shape index (κ3) is 3.20. The molecule has 0 atom stereocenters. The van der Waals surface area contributed by atoms with Gasteiger partial charge in [-0.1, -0.05) is 30.8 Å². The zero-order valence-electron chi connectivity index (χ0n) is 11.7. The van der Waals surface area contributed by atoms with E-state index in [1.54, 1.807) is 43.3 Å². The molecule has 0 saturated carbocycles. The molecule has 0 spiro atoms. The lowest BCUT2D eigenvalue weighted by atomic mass is 10.1. The smallest absolute Gasteiger partial charge is 0.437 e. The highest BCUT2D eigenvalue weighted by Crippen LogP contribution is 2.33. The minimum atomic E-state index is -0.813. The molecule has 0 heterocycles. The van der Waals surface area contributed by atoms with Crippen LogP contribution in [0, 0.1) is 0 Å². The van der Waals surface area contributed by atoms with Crippen molar-refractivity contribution in [3.05, 3.63) is 48.6 Å². The molecule has 2 aromatic rings. The lowest BCUT2D eigenvalue weighted by Crippen LogP contribution is -2.10. The Bertz CT molecular complexity index is 718. The molecule has 0 radical (unpaired) electrons. The van der Waals surface area contributed by atoms with Crippen LogP contribution in [-0.4, -0.2) is 19.2 Å². The van der Waals surface area contributed by atoms with Crippen molar-refractivity contribution < 1.29 is 23.8 Å². The number of carbonyl (C=O) groups is 2. The van der Waals surface area contributed by atoms with Crippen molar-refractivity contribution in [3.63, 3.8) is 0 Å². The van der Waals surface area contributed by atoms with Crippen LogP contribution in [0.2, 0.25) is 0 Å². The van der Waals surface area contributed by atoms with Crippen LogP contribution in [0.3, 0.4) is 0 Å². The average molecular weight is 286 g/mol. The Morgan fingerprint density at radius 2 is 1.48 bits per heavy atom. The summed E-state index contributed by atoms with van der Waals surface area (Å²) in [6.45, 7) is 5.11. The summed E-state index contributed by atoms with van der Waals surface area (Å²) < 4.78 is 14.8. The molecule has 0 amide bonds. The van der Waals surface area contributed by atoms with Gasteiger partial charge in [-0.3, -0.25) is 0 Å². The predicted molar refractivity (Wildman–Crippen MR) is 77.4 cm³/mol. The van der Waals surface area contributed by atoms with E-state index in [-0.39, 0.29) is 0 Å². The molecule has 5 heteroatoms. The molecule has 5 nitrogen and oxygen atoms in total. The van der Waals surface area contributed by atoms with Crippen LogP contribution in [0.4, 0.5) is 4.79 Å². The fraction of sp³-hybridized carbons (Fsp3) is 0.125. The van der Waals surface area contributed by atoms with E-state index in [0.29, 0.717) is 27.8 Å². The number of ether oxygens (including phenoxy) is 3. The van der Waals surface area contributed by atoms with Gasteiger partial charge < -0.3 is 14.2 Å². The number of rotatable bonds is 3. The zero-order valence-corrected chi connectivity index (χ0v) is 11.7. The van der Waals surface area contributed by atoms with Crippen LogP contribution < -0.4 is 9.47 Å². The van der Waals surface area contributed by atoms with E-state index < -0.39 is 12.1 Å². The highest BCUT2D eigenvalue weighted by atomic mass is 16.7. The first-order valence-corrected chi connectivity index (χ1v) is 6.18. The van der Waals surface area contributed by atoms with Crippen LogP contribution in [0.25, 0.3) is 10.8 Å². The highest BCUT2D eigenvalue weighted by molar-refractivity contribution is 5.97. The number of benzene rings is 2. The van der Waals surface area contributed by atoms with E-state index in [1.165, 1.54) is 7.11 Å². The van der Waals surface area contributed by atoms with Crippen molar-refractivity contribution >= 4 is 22.9 Å². The Hall–Kier alpha value is -2.82. The molecule has 0 bridgehead atoms. The van der Waals surface area contributed by atoms with Crippen molar-refractivity contribution in [2.75, 3.05) is 7.11 Å². The van der Waals surface area contributed by atoms with E-state index in [9.17, 15) is 9.59 Å². The summed E-state index contributed by atoms with van der Waals surface area (Å²) in [5, 5.41) is 1.28. The molecule has 0 saturated heterocycles. The van der Waals surface area contributed by atoms with Gasteiger partial charge in [0, 0.05) is 16.3 Å². The second-order valence-electron chi connectivity index (χ2n) is 4.33. The molecule has 0 aromatic heterocycles. The SMILES string of the molecule is C=C(C)C(=O)Oc1ccc(OC(=O)OC)c2ccccc12. The Morgan fingerprint density at radius 1 is 0.952 bits per heavy atom. The average Bonchev–Trinajstić information content (AvgIpc) is 2.49. The maximum atomic E-state index is 11.6. The van der Waals surface area contributed by atoms with E-state index in [2.05, 4.69) is 11.3 Å². The Labute approximate surface area is 121 Å². The summed E-state index contributed by atoms with van der Waals surface area (Å²) >= 11 is 0. The standard InChI is InChI=1S/C16H14O5/c1-10(2)15(17)20-13-8-9-14(21-16(18)19-3)12-7-5-4-6-11(12)13/h4-9H,1H2,2-3H3.